The number of rotatable bonds is 8. The van der Waals surface area contributed by atoms with Gasteiger partial charge in [0.05, 0.1) is 18.4 Å². The highest BCUT2D eigenvalue weighted by Gasteiger charge is 2.62. The fraction of sp³-hybridized carbons (Fsp3) is 0.148. The molecular weight excluding hydrogens is 546 g/mol. The molecule has 0 aliphatic heterocycles. The van der Waals surface area contributed by atoms with Crippen LogP contribution >= 0.6 is 0 Å². The van der Waals surface area contributed by atoms with Crippen LogP contribution in [0.1, 0.15) is 11.1 Å². The van der Waals surface area contributed by atoms with Crippen molar-refractivity contribution in [2.24, 2.45) is 0 Å². The number of alkyl halides is 3. The molecule has 3 N–H and O–H groups in total. The van der Waals surface area contributed by atoms with Crippen LogP contribution in [0.2, 0.25) is 0 Å². The number of nitrogens with two attached hydrogens (primary N) is 1. The molecule has 0 radical (unpaired) electrons. The third kappa shape index (κ3) is 5.12. The molecule has 5 rings (SSSR count). The lowest BCUT2D eigenvalue weighted by Crippen LogP contribution is -2.53. The molecule has 0 aliphatic rings. The Morgan fingerprint density at radius 2 is 1.80 bits per heavy atom. The Morgan fingerprint density at radius 3 is 2.44 bits per heavy atom. The van der Waals surface area contributed by atoms with Gasteiger partial charge in [-0.05, 0) is 12.1 Å². The van der Waals surface area contributed by atoms with Crippen molar-refractivity contribution in [3.05, 3.63) is 96.1 Å². The standard InChI is InChI=1S/C27H21F4N7O3/c1-40-26(27(29,30)31,17-8-3-2-4-9-17)25(39)34-21-14-33-24(35-23(21)32)20-13-22(19-11-12-41-37-19)38(36-20)15-16-7-5-6-10-18(16)28/h2-14H,15H2,1H3,(H,34,39)(H2,32,33,35)/t26-/m1/s1. The zero-order valence-corrected chi connectivity index (χ0v) is 21.3. The second-order valence-corrected chi connectivity index (χ2v) is 8.74. The van der Waals surface area contributed by atoms with Gasteiger partial charge >= 0.3 is 6.18 Å². The number of hydrogen-bond donors (Lipinski definition) is 2. The third-order valence-electron chi connectivity index (χ3n) is 6.26. The SMILES string of the molecule is CO[C@@](C(=O)Nc1cnc(-c2cc(-c3ccon3)n(Cc3ccccc3F)n2)nc1N)(c1ccccc1)C(F)(F)F. The maximum Gasteiger partial charge on any atom is 0.430 e. The molecular formula is C27H21F4N7O3. The van der Waals surface area contributed by atoms with Crippen molar-refractivity contribution < 1.29 is 31.6 Å². The Labute approximate surface area is 229 Å². The monoisotopic (exact) mass is 567 g/mol. The Balaban J connectivity index is 1.47. The van der Waals surface area contributed by atoms with Gasteiger partial charge in [-0.2, -0.15) is 18.3 Å². The van der Waals surface area contributed by atoms with Crippen LogP contribution in [0.25, 0.3) is 22.9 Å². The molecule has 0 saturated carbocycles. The molecule has 0 spiro atoms. The smallest absolute Gasteiger partial charge is 0.382 e. The largest absolute Gasteiger partial charge is 0.430 e. The number of methoxy groups -OCH3 is 1. The van der Waals surface area contributed by atoms with Gasteiger partial charge in [-0.3, -0.25) is 9.48 Å². The van der Waals surface area contributed by atoms with Gasteiger partial charge in [0.25, 0.3) is 11.5 Å². The van der Waals surface area contributed by atoms with E-state index in [4.69, 9.17) is 15.0 Å². The van der Waals surface area contributed by atoms with Gasteiger partial charge in [0.2, 0.25) is 0 Å². The lowest BCUT2D eigenvalue weighted by atomic mass is 9.91. The Bertz CT molecular complexity index is 1670. The van der Waals surface area contributed by atoms with Crippen LogP contribution in [-0.2, 0) is 21.7 Å². The fourth-order valence-corrected chi connectivity index (χ4v) is 4.23. The summed E-state index contributed by atoms with van der Waals surface area (Å²) in [5.41, 5.74) is 3.42. The number of nitrogens with one attached hydrogen (secondary N) is 1. The summed E-state index contributed by atoms with van der Waals surface area (Å²) in [7, 11) is 0.785. The van der Waals surface area contributed by atoms with Crippen LogP contribution in [0.4, 0.5) is 29.1 Å². The van der Waals surface area contributed by atoms with E-state index in [9.17, 15) is 22.4 Å². The lowest BCUT2D eigenvalue weighted by Gasteiger charge is -2.33. The van der Waals surface area contributed by atoms with Gasteiger partial charge in [-0.25, -0.2) is 14.4 Å². The lowest BCUT2D eigenvalue weighted by molar-refractivity contribution is -0.263. The van der Waals surface area contributed by atoms with Crippen molar-refractivity contribution in [3.63, 3.8) is 0 Å². The molecule has 210 valence electrons. The Kier molecular flexibility index (Phi) is 7.24. The third-order valence-corrected chi connectivity index (χ3v) is 6.26. The van der Waals surface area contributed by atoms with E-state index < -0.39 is 29.1 Å². The number of hydrogen-bond acceptors (Lipinski definition) is 8. The summed E-state index contributed by atoms with van der Waals surface area (Å²) in [6, 6.07) is 15.8. The number of carbonyl (C=O) groups excluding carboxylic acids is 1. The van der Waals surface area contributed by atoms with E-state index in [1.54, 1.807) is 30.3 Å². The number of halogens is 4. The molecule has 3 heterocycles. The van der Waals surface area contributed by atoms with Gasteiger partial charge in [-0.1, -0.05) is 53.7 Å². The van der Waals surface area contributed by atoms with Gasteiger partial charge in [0, 0.05) is 24.3 Å². The van der Waals surface area contributed by atoms with Gasteiger partial charge in [0.1, 0.15) is 29.2 Å². The average Bonchev–Trinajstić information content (AvgIpc) is 3.62. The minimum atomic E-state index is -5.12. The van der Waals surface area contributed by atoms with Crippen molar-refractivity contribution in [1.82, 2.24) is 24.9 Å². The molecule has 2 aromatic carbocycles. The Morgan fingerprint density at radius 1 is 1.07 bits per heavy atom. The van der Waals surface area contributed by atoms with Crippen LogP contribution < -0.4 is 11.1 Å². The molecule has 5 aromatic rings. The first-order valence-electron chi connectivity index (χ1n) is 12.0. The number of benzene rings is 2. The topological polar surface area (TPSA) is 134 Å². The second kappa shape index (κ2) is 10.8. The first kappa shape index (κ1) is 27.5. The van der Waals surface area contributed by atoms with Gasteiger partial charge in [-0.15, -0.1) is 0 Å². The van der Waals surface area contributed by atoms with Crippen LogP contribution in [0, 0.1) is 5.82 Å². The highest BCUT2D eigenvalue weighted by atomic mass is 19.4. The van der Waals surface area contributed by atoms with Crippen molar-refractivity contribution in [2.75, 3.05) is 18.2 Å². The first-order chi connectivity index (χ1) is 19.6. The van der Waals surface area contributed by atoms with E-state index in [0.717, 1.165) is 25.4 Å². The molecule has 41 heavy (non-hydrogen) atoms. The van der Waals surface area contributed by atoms with Crippen LogP contribution in [0.3, 0.4) is 0 Å². The summed E-state index contributed by atoms with van der Waals surface area (Å²) >= 11 is 0. The molecule has 1 atom stereocenters. The van der Waals surface area contributed by atoms with Gasteiger partial charge in [0.15, 0.2) is 11.6 Å². The Hall–Kier alpha value is -5.11. The molecule has 0 bridgehead atoms. The minimum Gasteiger partial charge on any atom is -0.382 e. The first-order valence-corrected chi connectivity index (χ1v) is 12.0. The maximum atomic E-state index is 14.3. The van der Waals surface area contributed by atoms with E-state index in [2.05, 4.69) is 25.5 Å². The van der Waals surface area contributed by atoms with Crippen LogP contribution in [0.15, 0.2) is 83.7 Å². The average molecular weight is 568 g/mol. The highest BCUT2D eigenvalue weighted by molar-refractivity contribution is 6.00. The minimum absolute atomic E-state index is 0.00517. The number of amides is 1. The maximum absolute atomic E-state index is 14.3. The van der Waals surface area contributed by atoms with Crippen molar-refractivity contribution >= 4 is 17.4 Å². The quantitative estimate of drug-likeness (QED) is 0.255. The van der Waals surface area contributed by atoms with Crippen LogP contribution in [0.5, 0.6) is 0 Å². The van der Waals surface area contributed by atoms with E-state index in [1.165, 1.54) is 35.2 Å². The predicted octanol–water partition coefficient (Wildman–Crippen LogP) is 4.81. The summed E-state index contributed by atoms with van der Waals surface area (Å²) in [6.07, 6.45) is -2.70. The fourth-order valence-electron chi connectivity index (χ4n) is 4.23. The number of ether oxygens (including phenoxy) is 1. The summed E-state index contributed by atoms with van der Waals surface area (Å²) in [6.45, 7) is 0.0362. The van der Waals surface area contributed by atoms with E-state index in [-0.39, 0.29) is 29.6 Å². The van der Waals surface area contributed by atoms with Crippen molar-refractivity contribution in [3.8, 4) is 22.9 Å². The molecule has 0 fully saturated rings. The van der Waals surface area contributed by atoms with Gasteiger partial charge < -0.3 is 20.3 Å². The van der Waals surface area contributed by atoms with E-state index >= 15 is 0 Å². The summed E-state index contributed by atoms with van der Waals surface area (Å²) < 4.78 is 68.3. The zero-order chi connectivity index (χ0) is 29.2. The molecule has 1 amide bonds. The van der Waals surface area contributed by atoms with E-state index in [0.29, 0.717) is 17.0 Å². The molecule has 10 nitrogen and oxygen atoms in total. The van der Waals surface area contributed by atoms with Crippen molar-refractivity contribution in [2.45, 2.75) is 18.3 Å². The molecule has 0 aliphatic carbocycles. The number of aromatic nitrogens is 5. The number of carbonyl (C=O) groups is 1. The molecule has 0 saturated heterocycles. The van der Waals surface area contributed by atoms with Crippen LogP contribution in [-0.4, -0.2) is 44.1 Å². The van der Waals surface area contributed by atoms with E-state index in [1.807, 2.05) is 0 Å². The molecule has 3 aromatic heterocycles. The number of nitrogen functional groups attached to an aromatic ring is 1. The highest BCUT2D eigenvalue weighted by Crippen LogP contribution is 2.43. The summed E-state index contributed by atoms with van der Waals surface area (Å²) in [4.78, 5) is 21.4. The number of nitrogens with zero attached hydrogens (tertiary/aromatic N) is 5. The zero-order valence-electron chi connectivity index (χ0n) is 21.3. The summed E-state index contributed by atoms with van der Waals surface area (Å²) in [5, 5.41) is 10.5. The molecule has 0 unspecified atom stereocenters. The summed E-state index contributed by atoms with van der Waals surface area (Å²) in [5.74, 6) is -2.30. The van der Waals surface area contributed by atoms with Crippen molar-refractivity contribution in [1.29, 1.82) is 0 Å². The molecule has 14 heteroatoms. The predicted molar refractivity (Wildman–Crippen MR) is 138 cm³/mol. The normalized spacial score (nSPS) is 13.1. The second-order valence-electron chi connectivity index (χ2n) is 8.74. The number of anilines is 2.